The summed E-state index contributed by atoms with van der Waals surface area (Å²) >= 11 is 6.10. The summed E-state index contributed by atoms with van der Waals surface area (Å²) in [6, 6.07) is 13.5. The third-order valence-electron chi connectivity index (χ3n) is 5.19. The molecular formula is C21H20ClFN2O4S. The molecule has 1 fully saturated rings. The summed E-state index contributed by atoms with van der Waals surface area (Å²) in [5.74, 6) is -1.40. The minimum atomic E-state index is -3.76. The molecule has 1 aliphatic rings. The van der Waals surface area contributed by atoms with Gasteiger partial charge in [-0.05, 0) is 49.2 Å². The summed E-state index contributed by atoms with van der Waals surface area (Å²) in [6.45, 7) is -0.0758. The van der Waals surface area contributed by atoms with Crippen LogP contribution >= 0.6 is 11.6 Å². The van der Waals surface area contributed by atoms with Crippen LogP contribution in [0, 0.1) is 29.0 Å². The van der Waals surface area contributed by atoms with Crippen molar-refractivity contribution >= 4 is 27.3 Å². The van der Waals surface area contributed by atoms with E-state index in [2.05, 4.69) is 5.32 Å². The Bertz CT molecular complexity index is 1050. The molecule has 0 bridgehead atoms. The van der Waals surface area contributed by atoms with E-state index in [1.54, 1.807) is 12.1 Å². The highest BCUT2D eigenvalue weighted by Crippen LogP contribution is 2.40. The zero-order chi connectivity index (χ0) is 21.7. The molecular weight excluding hydrogens is 431 g/mol. The molecule has 0 aromatic heterocycles. The van der Waals surface area contributed by atoms with Crippen LogP contribution in [0.1, 0.15) is 12.8 Å². The van der Waals surface area contributed by atoms with Gasteiger partial charge in [0.1, 0.15) is 18.1 Å². The van der Waals surface area contributed by atoms with Gasteiger partial charge >= 0.3 is 0 Å². The molecule has 0 aliphatic heterocycles. The Balaban J connectivity index is 1.80. The third-order valence-corrected chi connectivity index (χ3v) is 7.86. The molecule has 30 heavy (non-hydrogen) atoms. The molecule has 1 N–H and O–H groups in total. The number of carbonyl (C=O) groups excluding carboxylic acids is 1. The van der Waals surface area contributed by atoms with E-state index in [0.29, 0.717) is 5.75 Å². The van der Waals surface area contributed by atoms with Gasteiger partial charge in [-0.1, -0.05) is 23.7 Å². The maximum absolute atomic E-state index is 13.1. The first-order valence-corrected chi connectivity index (χ1v) is 11.3. The van der Waals surface area contributed by atoms with E-state index in [4.69, 9.17) is 21.6 Å². The average molecular weight is 451 g/mol. The van der Waals surface area contributed by atoms with Gasteiger partial charge in [-0.15, -0.1) is 0 Å². The lowest BCUT2D eigenvalue weighted by Gasteiger charge is -2.18. The van der Waals surface area contributed by atoms with Crippen LogP contribution in [0.5, 0.6) is 5.75 Å². The van der Waals surface area contributed by atoms with Crippen molar-refractivity contribution in [3.05, 3.63) is 59.4 Å². The SMILES string of the molecule is N#CCNC(=O)[C@@H]1C[C@H](S(=O)(=O)c2ccccc2Cl)C[C@H]1COc1ccc(F)cc1. The number of rotatable bonds is 7. The van der Waals surface area contributed by atoms with Gasteiger partial charge in [0.05, 0.1) is 27.8 Å². The van der Waals surface area contributed by atoms with Crippen LogP contribution in [0.2, 0.25) is 5.02 Å². The number of amides is 1. The average Bonchev–Trinajstić information content (AvgIpc) is 3.17. The summed E-state index contributed by atoms with van der Waals surface area (Å²) in [4.78, 5) is 12.6. The largest absolute Gasteiger partial charge is 0.493 e. The topological polar surface area (TPSA) is 96.3 Å². The number of benzene rings is 2. The Hall–Kier alpha value is -2.63. The molecule has 0 saturated heterocycles. The highest BCUT2D eigenvalue weighted by Gasteiger charge is 2.45. The summed E-state index contributed by atoms with van der Waals surface area (Å²) in [6.07, 6.45) is 0.307. The maximum Gasteiger partial charge on any atom is 0.224 e. The zero-order valence-electron chi connectivity index (χ0n) is 15.9. The first kappa shape index (κ1) is 22.1. The Morgan fingerprint density at radius 3 is 2.57 bits per heavy atom. The minimum Gasteiger partial charge on any atom is -0.493 e. The molecule has 1 aliphatic carbocycles. The fourth-order valence-electron chi connectivity index (χ4n) is 3.68. The fraction of sp³-hybridized carbons (Fsp3) is 0.333. The first-order valence-electron chi connectivity index (χ1n) is 9.34. The van der Waals surface area contributed by atoms with E-state index >= 15 is 0 Å². The quantitative estimate of drug-likeness (QED) is 0.652. The predicted octanol–water partition coefficient (Wildman–Crippen LogP) is 3.37. The van der Waals surface area contributed by atoms with Crippen LogP contribution in [0.15, 0.2) is 53.4 Å². The molecule has 1 saturated carbocycles. The Morgan fingerprint density at radius 2 is 1.90 bits per heavy atom. The standard InChI is InChI=1S/C21H20ClFN2O4S/c22-19-3-1-2-4-20(19)30(27,28)17-11-14(18(12-17)21(26)25-10-9-24)13-29-16-7-5-15(23)6-8-16/h1-8,14,17-18H,10-13H2,(H,25,26)/t14-,17+,18+/m0/s1. The number of halogens is 2. The van der Waals surface area contributed by atoms with E-state index in [0.717, 1.165) is 0 Å². The molecule has 158 valence electrons. The molecule has 0 spiro atoms. The van der Waals surface area contributed by atoms with Crippen molar-refractivity contribution in [2.45, 2.75) is 23.0 Å². The number of carbonyl (C=O) groups is 1. The molecule has 0 unspecified atom stereocenters. The van der Waals surface area contributed by atoms with Crippen molar-refractivity contribution in [3.8, 4) is 11.8 Å². The van der Waals surface area contributed by atoms with Crippen LogP contribution in [-0.4, -0.2) is 32.7 Å². The summed E-state index contributed by atoms with van der Waals surface area (Å²) in [5, 5.41) is 10.6. The molecule has 1 amide bonds. The van der Waals surface area contributed by atoms with Gasteiger partial charge in [0.15, 0.2) is 9.84 Å². The highest BCUT2D eigenvalue weighted by atomic mass is 35.5. The third kappa shape index (κ3) is 4.91. The van der Waals surface area contributed by atoms with Crippen molar-refractivity contribution in [3.63, 3.8) is 0 Å². The van der Waals surface area contributed by atoms with Crippen LogP contribution in [0.4, 0.5) is 4.39 Å². The molecule has 2 aromatic carbocycles. The normalized spacial score (nSPS) is 21.0. The molecule has 9 heteroatoms. The zero-order valence-corrected chi connectivity index (χ0v) is 17.5. The predicted molar refractivity (Wildman–Crippen MR) is 109 cm³/mol. The van der Waals surface area contributed by atoms with Gasteiger partial charge in [0.25, 0.3) is 0 Å². The molecule has 3 atom stereocenters. The van der Waals surface area contributed by atoms with E-state index < -0.39 is 32.7 Å². The van der Waals surface area contributed by atoms with E-state index in [1.165, 1.54) is 36.4 Å². The van der Waals surface area contributed by atoms with Crippen molar-refractivity contribution in [1.82, 2.24) is 5.32 Å². The summed E-state index contributed by atoms with van der Waals surface area (Å²) < 4.78 is 45.1. The summed E-state index contributed by atoms with van der Waals surface area (Å²) in [5.41, 5.74) is 0. The second-order valence-corrected chi connectivity index (χ2v) is 9.68. The number of sulfone groups is 1. The van der Waals surface area contributed by atoms with Gasteiger partial charge < -0.3 is 10.1 Å². The van der Waals surface area contributed by atoms with Crippen LogP contribution in [0.3, 0.4) is 0 Å². The number of hydrogen-bond acceptors (Lipinski definition) is 5. The monoisotopic (exact) mass is 450 g/mol. The Morgan fingerprint density at radius 1 is 1.20 bits per heavy atom. The second kappa shape index (κ2) is 9.45. The minimum absolute atomic E-state index is 0.0351. The van der Waals surface area contributed by atoms with Crippen LogP contribution in [-0.2, 0) is 14.6 Å². The molecule has 2 aromatic rings. The van der Waals surface area contributed by atoms with Gasteiger partial charge in [-0.3, -0.25) is 4.79 Å². The number of hydrogen-bond donors (Lipinski definition) is 1. The fourth-order valence-corrected chi connectivity index (χ4v) is 6.07. The van der Waals surface area contributed by atoms with E-state index in [-0.39, 0.29) is 41.8 Å². The van der Waals surface area contributed by atoms with Gasteiger partial charge in [0.2, 0.25) is 5.91 Å². The lowest BCUT2D eigenvalue weighted by Crippen LogP contribution is -2.34. The van der Waals surface area contributed by atoms with Crippen LogP contribution < -0.4 is 10.1 Å². The molecule has 0 heterocycles. The van der Waals surface area contributed by atoms with Crippen molar-refractivity contribution in [1.29, 1.82) is 5.26 Å². The van der Waals surface area contributed by atoms with Gasteiger partial charge in [-0.2, -0.15) is 5.26 Å². The lowest BCUT2D eigenvalue weighted by molar-refractivity contribution is -0.126. The smallest absolute Gasteiger partial charge is 0.224 e. The highest BCUT2D eigenvalue weighted by molar-refractivity contribution is 7.92. The molecule has 0 radical (unpaired) electrons. The van der Waals surface area contributed by atoms with E-state index in [1.807, 2.05) is 6.07 Å². The van der Waals surface area contributed by atoms with Gasteiger partial charge in [0, 0.05) is 11.8 Å². The van der Waals surface area contributed by atoms with Crippen molar-refractivity contribution in [2.75, 3.05) is 13.2 Å². The lowest BCUT2D eigenvalue weighted by atomic mass is 9.96. The second-order valence-electron chi connectivity index (χ2n) is 7.08. The Labute approximate surface area is 179 Å². The maximum atomic E-state index is 13.1. The number of nitrogens with one attached hydrogen (secondary N) is 1. The number of nitriles is 1. The summed E-state index contributed by atoms with van der Waals surface area (Å²) in [7, 11) is -3.76. The molecule has 3 rings (SSSR count). The first-order chi connectivity index (χ1) is 14.3. The number of nitrogens with zero attached hydrogens (tertiary/aromatic N) is 1. The van der Waals surface area contributed by atoms with Crippen molar-refractivity contribution in [2.24, 2.45) is 11.8 Å². The Kier molecular flexibility index (Phi) is 6.95. The van der Waals surface area contributed by atoms with E-state index in [9.17, 15) is 17.6 Å². The van der Waals surface area contributed by atoms with Crippen molar-refractivity contribution < 1.29 is 22.3 Å². The van der Waals surface area contributed by atoms with Gasteiger partial charge in [-0.25, -0.2) is 12.8 Å². The van der Waals surface area contributed by atoms with Crippen LogP contribution in [0.25, 0.3) is 0 Å². The number of ether oxygens (including phenoxy) is 1. The molecule has 6 nitrogen and oxygen atoms in total.